The quantitative estimate of drug-likeness (QED) is 0.798. The number of benzene rings is 1. The molecule has 0 aliphatic carbocycles. The van der Waals surface area contributed by atoms with E-state index in [0.29, 0.717) is 5.01 Å². The molecule has 0 aliphatic rings. The molecular weight excluding hydrogens is 317 g/mol. The van der Waals surface area contributed by atoms with Crippen LogP contribution in [0.25, 0.3) is 10.6 Å². The lowest BCUT2D eigenvalue weighted by Gasteiger charge is -1.95. The van der Waals surface area contributed by atoms with Crippen molar-refractivity contribution >= 4 is 37.5 Å². The van der Waals surface area contributed by atoms with Crippen LogP contribution in [0.5, 0.6) is 0 Å². The van der Waals surface area contributed by atoms with Crippen molar-refractivity contribution in [3.05, 3.63) is 34.9 Å². The fourth-order valence-electron chi connectivity index (χ4n) is 1.13. The van der Waals surface area contributed by atoms with Gasteiger partial charge in [-0.1, -0.05) is 43.3 Å². The molecule has 3 nitrogen and oxygen atoms in total. The molecule has 0 fully saturated rings. The Balaban J connectivity index is 2.47. The molecule has 0 saturated heterocycles. The molecular formula is C9H5BrFNO2S2. The third-order valence-electron chi connectivity index (χ3n) is 1.80. The number of thiazole rings is 1. The molecule has 1 aromatic heterocycles. The summed E-state index contributed by atoms with van der Waals surface area (Å²) in [5.74, 6) is 0. The zero-order valence-electron chi connectivity index (χ0n) is 7.72. The van der Waals surface area contributed by atoms with Gasteiger partial charge in [-0.15, -0.1) is 0 Å². The minimum atomic E-state index is -4.66. The number of rotatable bonds is 2. The third-order valence-corrected chi connectivity index (χ3v) is 4.56. The second kappa shape index (κ2) is 4.23. The lowest BCUT2D eigenvalue weighted by molar-refractivity contribution is 0.554. The zero-order valence-corrected chi connectivity index (χ0v) is 10.9. The maximum atomic E-state index is 12.7. The topological polar surface area (TPSA) is 47.0 Å². The van der Waals surface area contributed by atoms with E-state index in [2.05, 4.69) is 20.9 Å². The Kier molecular flexibility index (Phi) is 3.09. The Hall–Kier alpha value is -0.790. The molecule has 0 N–H and O–H groups in total. The lowest BCUT2D eigenvalue weighted by atomic mass is 10.2. The summed E-state index contributed by atoms with van der Waals surface area (Å²) in [6, 6.07) is 7.19. The minimum absolute atomic E-state index is 0.373. The van der Waals surface area contributed by atoms with E-state index in [1.165, 1.54) is 0 Å². The fourth-order valence-corrected chi connectivity index (χ4v) is 2.99. The number of hydrogen-bond donors (Lipinski definition) is 0. The molecule has 1 aromatic carbocycles. The molecule has 0 bridgehead atoms. The Bertz CT molecular complexity index is 624. The van der Waals surface area contributed by atoms with Crippen molar-refractivity contribution < 1.29 is 12.3 Å². The Morgan fingerprint density at radius 3 is 2.69 bits per heavy atom. The standard InChI is InChI=1S/C9H5BrFNO2S2/c10-7-3-1-2-6(4-7)9-12-5-8(15-9)16(11,13)14/h1-5H. The fraction of sp³-hybridized carbons (Fsp3) is 0. The summed E-state index contributed by atoms with van der Waals surface area (Å²) in [5.41, 5.74) is 0.745. The first kappa shape index (κ1) is 11.7. The number of nitrogens with zero attached hydrogens (tertiary/aromatic N) is 1. The maximum Gasteiger partial charge on any atom is 0.343 e. The second-order valence-electron chi connectivity index (χ2n) is 2.93. The van der Waals surface area contributed by atoms with Gasteiger partial charge in [-0.2, -0.15) is 8.42 Å². The van der Waals surface area contributed by atoms with Crippen molar-refractivity contribution in [1.29, 1.82) is 0 Å². The first-order valence-electron chi connectivity index (χ1n) is 4.13. The zero-order chi connectivity index (χ0) is 11.8. The second-order valence-corrected chi connectivity index (χ2v) is 6.45. The highest BCUT2D eigenvalue weighted by Crippen LogP contribution is 2.30. The number of hydrogen-bond acceptors (Lipinski definition) is 4. The summed E-state index contributed by atoms with van der Waals surface area (Å²) in [7, 11) is -4.66. The maximum absolute atomic E-state index is 12.7. The smallest absolute Gasteiger partial charge is 0.243 e. The normalized spacial score (nSPS) is 11.6. The predicted octanol–water partition coefficient (Wildman–Crippen LogP) is 3.23. The highest BCUT2D eigenvalue weighted by molar-refractivity contribution is 9.10. The van der Waals surface area contributed by atoms with Gasteiger partial charge in [0.05, 0.1) is 6.20 Å². The van der Waals surface area contributed by atoms with E-state index < -0.39 is 10.2 Å². The van der Waals surface area contributed by atoms with E-state index in [-0.39, 0.29) is 4.21 Å². The van der Waals surface area contributed by atoms with Gasteiger partial charge in [-0.3, -0.25) is 0 Å². The van der Waals surface area contributed by atoms with Crippen molar-refractivity contribution in [1.82, 2.24) is 4.98 Å². The van der Waals surface area contributed by atoms with Gasteiger partial charge in [0.15, 0.2) is 4.21 Å². The molecule has 0 aliphatic heterocycles. The van der Waals surface area contributed by atoms with Crippen LogP contribution in [0.3, 0.4) is 0 Å². The Morgan fingerprint density at radius 1 is 1.38 bits per heavy atom. The molecule has 0 saturated carbocycles. The van der Waals surface area contributed by atoms with Crippen LogP contribution in [0, 0.1) is 0 Å². The summed E-state index contributed by atoms with van der Waals surface area (Å²) in [6.45, 7) is 0. The van der Waals surface area contributed by atoms with E-state index in [0.717, 1.165) is 27.6 Å². The van der Waals surface area contributed by atoms with E-state index in [9.17, 15) is 12.3 Å². The van der Waals surface area contributed by atoms with Crippen LogP contribution in [0.15, 0.2) is 39.1 Å². The molecule has 1 heterocycles. The van der Waals surface area contributed by atoms with Gasteiger partial charge in [0, 0.05) is 10.0 Å². The summed E-state index contributed by atoms with van der Waals surface area (Å²) in [5, 5.41) is 0.470. The Labute approximate surface area is 104 Å². The first-order valence-corrected chi connectivity index (χ1v) is 7.12. The summed E-state index contributed by atoms with van der Waals surface area (Å²) in [6.07, 6.45) is 1.02. The van der Waals surface area contributed by atoms with Crippen LogP contribution in [-0.4, -0.2) is 13.4 Å². The predicted molar refractivity (Wildman–Crippen MR) is 63.5 cm³/mol. The van der Waals surface area contributed by atoms with E-state index in [4.69, 9.17) is 0 Å². The van der Waals surface area contributed by atoms with Crippen molar-refractivity contribution in [2.45, 2.75) is 4.21 Å². The van der Waals surface area contributed by atoms with E-state index in [1.807, 2.05) is 6.07 Å². The number of aromatic nitrogens is 1. The van der Waals surface area contributed by atoms with Crippen molar-refractivity contribution in [3.8, 4) is 10.6 Å². The van der Waals surface area contributed by atoms with Gasteiger partial charge in [0.1, 0.15) is 5.01 Å². The molecule has 7 heteroatoms. The average Bonchev–Trinajstić information content (AvgIpc) is 2.65. The van der Waals surface area contributed by atoms with Gasteiger partial charge in [0.2, 0.25) is 0 Å². The van der Waals surface area contributed by atoms with Crippen molar-refractivity contribution in [2.75, 3.05) is 0 Å². The van der Waals surface area contributed by atoms with E-state index >= 15 is 0 Å². The van der Waals surface area contributed by atoms with Gasteiger partial charge in [0.25, 0.3) is 0 Å². The molecule has 2 rings (SSSR count). The Morgan fingerprint density at radius 2 is 2.12 bits per heavy atom. The highest BCUT2D eigenvalue weighted by Gasteiger charge is 2.16. The van der Waals surface area contributed by atoms with E-state index in [1.54, 1.807) is 18.2 Å². The molecule has 0 radical (unpaired) electrons. The van der Waals surface area contributed by atoms with Gasteiger partial charge in [-0.25, -0.2) is 4.98 Å². The van der Waals surface area contributed by atoms with Crippen molar-refractivity contribution in [3.63, 3.8) is 0 Å². The lowest BCUT2D eigenvalue weighted by Crippen LogP contribution is -1.85. The van der Waals surface area contributed by atoms with Crippen LogP contribution in [0.1, 0.15) is 0 Å². The third kappa shape index (κ3) is 2.47. The van der Waals surface area contributed by atoms with Crippen molar-refractivity contribution in [2.24, 2.45) is 0 Å². The van der Waals surface area contributed by atoms with Crippen LogP contribution in [-0.2, 0) is 10.2 Å². The van der Waals surface area contributed by atoms with Crippen LogP contribution in [0.2, 0.25) is 0 Å². The average molecular weight is 322 g/mol. The molecule has 0 unspecified atom stereocenters. The van der Waals surface area contributed by atoms with Gasteiger partial charge >= 0.3 is 10.2 Å². The first-order chi connectivity index (χ1) is 7.47. The molecule has 0 atom stereocenters. The van der Waals surface area contributed by atoms with Crippen LogP contribution in [0.4, 0.5) is 3.89 Å². The molecule has 0 amide bonds. The minimum Gasteiger partial charge on any atom is -0.243 e. The van der Waals surface area contributed by atoms with Gasteiger partial charge in [-0.05, 0) is 12.1 Å². The highest BCUT2D eigenvalue weighted by atomic mass is 79.9. The monoisotopic (exact) mass is 321 g/mol. The summed E-state index contributed by atoms with van der Waals surface area (Å²) in [4.78, 5) is 3.87. The number of halogens is 2. The molecule has 84 valence electrons. The molecule has 0 spiro atoms. The summed E-state index contributed by atoms with van der Waals surface area (Å²) >= 11 is 4.10. The SMILES string of the molecule is O=S(=O)(F)c1cnc(-c2cccc(Br)c2)s1. The van der Waals surface area contributed by atoms with Gasteiger partial charge < -0.3 is 0 Å². The largest absolute Gasteiger partial charge is 0.343 e. The summed E-state index contributed by atoms with van der Waals surface area (Å²) < 4.78 is 34.4. The molecule has 2 aromatic rings. The van der Waals surface area contributed by atoms with Crippen LogP contribution >= 0.6 is 27.3 Å². The molecule has 16 heavy (non-hydrogen) atoms. The van der Waals surface area contributed by atoms with Crippen LogP contribution < -0.4 is 0 Å².